The van der Waals surface area contributed by atoms with Crippen LogP contribution in [-0.4, -0.2) is 6.04 Å². The summed E-state index contributed by atoms with van der Waals surface area (Å²) in [6.45, 7) is 2.59. The fourth-order valence-corrected chi connectivity index (χ4v) is 2.04. The second-order valence-corrected chi connectivity index (χ2v) is 5.32. The van der Waals surface area contributed by atoms with Crippen molar-refractivity contribution in [3.05, 3.63) is 59.4 Å². The van der Waals surface area contributed by atoms with Crippen LogP contribution >= 0.6 is 0 Å². The lowest BCUT2D eigenvalue weighted by Crippen LogP contribution is -2.15. The van der Waals surface area contributed by atoms with E-state index in [2.05, 4.69) is 11.4 Å². The van der Waals surface area contributed by atoms with Gasteiger partial charge in [-0.3, -0.25) is 0 Å². The van der Waals surface area contributed by atoms with E-state index < -0.39 is 0 Å². The molecule has 0 aliphatic heterocycles. The summed E-state index contributed by atoms with van der Waals surface area (Å²) < 4.78 is 19.2. The summed E-state index contributed by atoms with van der Waals surface area (Å²) in [5.74, 6) is 1.03. The van der Waals surface area contributed by atoms with Crippen molar-refractivity contribution in [3.8, 4) is 11.5 Å². The maximum Gasteiger partial charge on any atom is 0.130 e. The molecule has 0 atom stereocenters. The zero-order valence-electron chi connectivity index (χ0n) is 11.5. The van der Waals surface area contributed by atoms with E-state index in [1.165, 1.54) is 24.5 Å². The van der Waals surface area contributed by atoms with Gasteiger partial charge in [0.05, 0.1) is 0 Å². The Hall–Kier alpha value is -1.87. The molecule has 1 N–H and O–H groups in total. The Morgan fingerprint density at radius 3 is 2.70 bits per heavy atom. The number of hydrogen-bond donors (Lipinski definition) is 1. The third-order valence-corrected chi connectivity index (χ3v) is 3.45. The fourth-order valence-electron chi connectivity index (χ4n) is 2.04. The first-order chi connectivity index (χ1) is 9.70. The number of benzene rings is 2. The number of nitrogens with one attached hydrogen (secondary N) is 1. The number of rotatable bonds is 5. The molecule has 3 heteroatoms. The molecule has 0 heterocycles. The van der Waals surface area contributed by atoms with Crippen molar-refractivity contribution in [3.63, 3.8) is 0 Å². The van der Waals surface area contributed by atoms with E-state index in [1.54, 1.807) is 19.1 Å². The summed E-state index contributed by atoms with van der Waals surface area (Å²) in [6, 6.07) is 13.5. The summed E-state index contributed by atoms with van der Waals surface area (Å²) >= 11 is 0. The van der Waals surface area contributed by atoms with Gasteiger partial charge in [0.15, 0.2) is 0 Å². The predicted molar refractivity (Wildman–Crippen MR) is 77.5 cm³/mol. The van der Waals surface area contributed by atoms with Crippen molar-refractivity contribution in [2.75, 3.05) is 0 Å². The molecule has 0 amide bonds. The summed E-state index contributed by atoms with van der Waals surface area (Å²) in [7, 11) is 0. The van der Waals surface area contributed by atoms with Crippen molar-refractivity contribution < 1.29 is 9.13 Å². The number of ether oxygens (including phenoxy) is 1. The van der Waals surface area contributed by atoms with Crippen LogP contribution in [0.2, 0.25) is 0 Å². The molecule has 2 nitrogen and oxygen atoms in total. The second-order valence-electron chi connectivity index (χ2n) is 5.32. The molecule has 0 aromatic heterocycles. The summed E-state index contributed by atoms with van der Waals surface area (Å²) in [5.41, 5.74) is 1.81. The fraction of sp³-hybridized carbons (Fsp3) is 0.294. The van der Waals surface area contributed by atoms with Gasteiger partial charge < -0.3 is 10.1 Å². The van der Waals surface area contributed by atoms with Crippen LogP contribution in [-0.2, 0) is 6.54 Å². The standard InChI is InChI=1S/C17H18FNO/c1-12-5-8-16(10-17(12)18)20-15-4-2-3-13(9-15)11-19-14-6-7-14/h2-5,8-10,14,19H,6-7,11H2,1H3. The lowest BCUT2D eigenvalue weighted by Gasteiger charge is -2.09. The molecule has 0 saturated heterocycles. The summed E-state index contributed by atoms with van der Waals surface area (Å²) in [6.07, 6.45) is 2.55. The van der Waals surface area contributed by atoms with Gasteiger partial charge in [0.1, 0.15) is 17.3 Å². The normalized spacial score (nSPS) is 14.3. The van der Waals surface area contributed by atoms with Gasteiger partial charge in [0, 0.05) is 18.7 Å². The molecule has 1 aliphatic rings. The van der Waals surface area contributed by atoms with Crippen LogP contribution in [0.15, 0.2) is 42.5 Å². The molecule has 2 aromatic carbocycles. The van der Waals surface area contributed by atoms with Crippen LogP contribution in [0.5, 0.6) is 11.5 Å². The van der Waals surface area contributed by atoms with Crippen LogP contribution in [0.4, 0.5) is 4.39 Å². The van der Waals surface area contributed by atoms with Crippen molar-refractivity contribution >= 4 is 0 Å². The third kappa shape index (κ3) is 3.36. The SMILES string of the molecule is Cc1ccc(Oc2cccc(CNC3CC3)c2)cc1F. The van der Waals surface area contributed by atoms with Gasteiger partial charge in [0.25, 0.3) is 0 Å². The van der Waals surface area contributed by atoms with Crippen molar-refractivity contribution in [2.24, 2.45) is 0 Å². The third-order valence-electron chi connectivity index (χ3n) is 3.45. The first kappa shape index (κ1) is 13.1. The molecule has 0 spiro atoms. The Morgan fingerprint density at radius 2 is 1.95 bits per heavy atom. The zero-order chi connectivity index (χ0) is 13.9. The molecule has 104 valence electrons. The minimum absolute atomic E-state index is 0.242. The van der Waals surface area contributed by atoms with Gasteiger partial charge in [0.2, 0.25) is 0 Å². The van der Waals surface area contributed by atoms with Gasteiger partial charge in [-0.15, -0.1) is 0 Å². The van der Waals surface area contributed by atoms with E-state index in [4.69, 9.17) is 4.74 Å². The van der Waals surface area contributed by atoms with Crippen LogP contribution in [0.25, 0.3) is 0 Å². The smallest absolute Gasteiger partial charge is 0.130 e. The summed E-state index contributed by atoms with van der Waals surface area (Å²) in [5, 5.41) is 3.46. The van der Waals surface area contributed by atoms with Crippen LogP contribution < -0.4 is 10.1 Å². The van der Waals surface area contributed by atoms with E-state index in [0.717, 1.165) is 12.3 Å². The Balaban J connectivity index is 1.69. The highest BCUT2D eigenvalue weighted by atomic mass is 19.1. The second kappa shape index (κ2) is 5.63. The Morgan fingerprint density at radius 1 is 1.15 bits per heavy atom. The van der Waals surface area contributed by atoms with Crippen molar-refractivity contribution in [2.45, 2.75) is 32.4 Å². The number of hydrogen-bond acceptors (Lipinski definition) is 2. The number of aryl methyl sites for hydroxylation is 1. The molecule has 0 radical (unpaired) electrons. The molecular formula is C17H18FNO. The molecule has 1 saturated carbocycles. The predicted octanol–water partition coefficient (Wildman–Crippen LogP) is 4.18. The Bertz CT molecular complexity index is 608. The largest absolute Gasteiger partial charge is 0.457 e. The lowest BCUT2D eigenvalue weighted by atomic mass is 10.2. The zero-order valence-corrected chi connectivity index (χ0v) is 11.5. The Kier molecular flexibility index (Phi) is 3.70. The van der Waals surface area contributed by atoms with Crippen LogP contribution in [0, 0.1) is 12.7 Å². The van der Waals surface area contributed by atoms with E-state index in [9.17, 15) is 4.39 Å². The summed E-state index contributed by atoms with van der Waals surface area (Å²) in [4.78, 5) is 0. The monoisotopic (exact) mass is 271 g/mol. The lowest BCUT2D eigenvalue weighted by molar-refractivity contribution is 0.475. The molecule has 20 heavy (non-hydrogen) atoms. The minimum atomic E-state index is -0.242. The van der Waals surface area contributed by atoms with Gasteiger partial charge in [-0.2, -0.15) is 0 Å². The van der Waals surface area contributed by atoms with E-state index in [0.29, 0.717) is 17.4 Å². The molecule has 1 fully saturated rings. The van der Waals surface area contributed by atoms with E-state index >= 15 is 0 Å². The highest BCUT2D eigenvalue weighted by Crippen LogP contribution is 2.25. The van der Waals surface area contributed by atoms with Gasteiger partial charge in [-0.05, 0) is 49.1 Å². The average Bonchev–Trinajstić information content (AvgIpc) is 3.25. The molecule has 2 aromatic rings. The van der Waals surface area contributed by atoms with Gasteiger partial charge in [-0.25, -0.2) is 4.39 Å². The number of halogens is 1. The molecule has 1 aliphatic carbocycles. The van der Waals surface area contributed by atoms with Crippen molar-refractivity contribution in [1.82, 2.24) is 5.32 Å². The van der Waals surface area contributed by atoms with E-state index in [1.807, 2.05) is 18.2 Å². The highest BCUT2D eigenvalue weighted by Gasteiger charge is 2.19. The first-order valence-electron chi connectivity index (χ1n) is 6.97. The maximum absolute atomic E-state index is 13.5. The van der Waals surface area contributed by atoms with E-state index in [-0.39, 0.29) is 5.82 Å². The minimum Gasteiger partial charge on any atom is -0.457 e. The highest BCUT2D eigenvalue weighted by molar-refractivity contribution is 5.35. The molecule has 0 bridgehead atoms. The quantitative estimate of drug-likeness (QED) is 0.881. The first-order valence-corrected chi connectivity index (χ1v) is 6.97. The topological polar surface area (TPSA) is 21.3 Å². The van der Waals surface area contributed by atoms with Crippen LogP contribution in [0.3, 0.4) is 0 Å². The van der Waals surface area contributed by atoms with Crippen molar-refractivity contribution in [1.29, 1.82) is 0 Å². The maximum atomic E-state index is 13.5. The average molecular weight is 271 g/mol. The van der Waals surface area contributed by atoms with Crippen LogP contribution in [0.1, 0.15) is 24.0 Å². The van der Waals surface area contributed by atoms with Gasteiger partial charge >= 0.3 is 0 Å². The molecule has 0 unspecified atom stereocenters. The Labute approximate surface area is 118 Å². The molecule has 3 rings (SSSR count). The van der Waals surface area contributed by atoms with Gasteiger partial charge in [-0.1, -0.05) is 18.2 Å². The molecular weight excluding hydrogens is 253 g/mol.